The lowest BCUT2D eigenvalue weighted by molar-refractivity contribution is -0.384. The number of hydrogen-bond acceptors (Lipinski definition) is 5. The third-order valence-corrected chi connectivity index (χ3v) is 2.47. The van der Waals surface area contributed by atoms with E-state index in [1.54, 1.807) is 6.20 Å². The van der Waals surface area contributed by atoms with Gasteiger partial charge in [-0.1, -0.05) is 6.07 Å². The molecule has 1 aromatic heterocycles. The SMILES string of the molecule is CCn1ccnc(Oc2cccc([N+](=O)[O-])c2)c1=O. The largest absolute Gasteiger partial charge is 0.434 e. The van der Waals surface area contributed by atoms with E-state index in [9.17, 15) is 14.9 Å². The van der Waals surface area contributed by atoms with Gasteiger partial charge in [0.25, 0.3) is 11.6 Å². The van der Waals surface area contributed by atoms with E-state index in [1.165, 1.54) is 35.0 Å². The average molecular weight is 261 g/mol. The minimum atomic E-state index is -0.532. The second kappa shape index (κ2) is 5.30. The molecule has 0 saturated heterocycles. The quantitative estimate of drug-likeness (QED) is 0.620. The molecule has 0 aliphatic rings. The number of benzene rings is 1. The number of rotatable bonds is 4. The lowest BCUT2D eigenvalue weighted by atomic mass is 10.3. The molecule has 0 amide bonds. The number of nitrogens with zero attached hydrogens (tertiary/aromatic N) is 3. The third-order valence-electron chi connectivity index (χ3n) is 2.47. The fourth-order valence-corrected chi connectivity index (χ4v) is 1.52. The predicted molar refractivity (Wildman–Crippen MR) is 67.3 cm³/mol. The first-order valence-electron chi connectivity index (χ1n) is 5.59. The maximum atomic E-state index is 11.9. The molecule has 2 aromatic rings. The molecular formula is C12H11N3O4. The van der Waals surface area contributed by atoms with E-state index < -0.39 is 4.92 Å². The summed E-state index contributed by atoms with van der Waals surface area (Å²) in [6, 6.07) is 5.59. The Balaban J connectivity index is 2.34. The van der Waals surface area contributed by atoms with E-state index in [1.807, 2.05) is 6.92 Å². The molecule has 0 aliphatic heterocycles. The van der Waals surface area contributed by atoms with E-state index in [-0.39, 0.29) is 22.9 Å². The van der Waals surface area contributed by atoms with Gasteiger partial charge in [0.05, 0.1) is 11.0 Å². The Kier molecular flexibility index (Phi) is 3.56. The van der Waals surface area contributed by atoms with Crippen LogP contribution in [0.1, 0.15) is 6.92 Å². The summed E-state index contributed by atoms with van der Waals surface area (Å²) in [5, 5.41) is 10.6. The lowest BCUT2D eigenvalue weighted by Crippen LogP contribution is -2.20. The molecular weight excluding hydrogens is 250 g/mol. The molecule has 0 aliphatic carbocycles. The number of aryl methyl sites for hydroxylation is 1. The Morgan fingerprint density at radius 1 is 1.47 bits per heavy atom. The van der Waals surface area contributed by atoms with Crippen LogP contribution in [0.25, 0.3) is 0 Å². The van der Waals surface area contributed by atoms with Crippen molar-refractivity contribution < 1.29 is 9.66 Å². The highest BCUT2D eigenvalue weighted by Gasteiger charge is 2.10. The standard InChI is InChI=1S/C12H11N3O4/c1-2-14-7-6-13-11(12(14)16)19-10-5-3-4-9(8-10)15(17)18/h3-8H,2H2,1H3. The zero-order valence-corrected chi connectivity index (χ0v) is 10.1. The summed E-state index contributed by atoms with van der Waals surface area (Å²) in [6.45, 7) is 2.31. The van der Waals surface area contributed by atoms with E-state index in [2.05, 4.69) is 4.98 Å². The predicted octanol–water partition coefficient (Wildman–Crippen LogP) is 1.96. The van der Waals surface area contributed by atoms with Gasteiger partial charge in [-0.05, 0) is 13.0 Å². The minimum absolute atomic E-state index is 0.107. The van der Waals surface area contributed by atoms with Crippen molar-refractivity contribution in [3.8, 4) is 11.6 Å². The van der Waals surface area contributed by atoms with Gasteiger partial charge < -0.3 is 9.30 Å². The lowest BCUT2D eigenvalue weighted by Gasteiger charge is -2.06. The Hall–Kier alpha value is -2.70. The fraction of sp³-hybridized carbons (Fsp3) is 0.167. The maximum Gasteiger partial charge on any atom is 0.313 e. The number of hydrogen-bond donors (Lipinski definition) is 0. The van der Waals surface area contributed by atoms with Crippen LogP contribution in [0.5, 0.6) is 11.6 Å². The molecule has 1 aromatic carbocycles. The van der Waals surface area contributed by atoms with Crippen LogP contribution < -0.4 is 10.3 Å². The van der Waals surface area contributed by atoms with Crippen LogP contribution in [0.3, 0.4) is 0 Å². The van der Waals surface area contributed by atoms with Crippen LogP contribution in [0.15, 0.2) is 41.5 Å². The highest BCUT2D eigenvalue weighted by molar-refractivity contribution is 5.39. The van der Waals surface area contributed by atoms with Crippen LogP contribution >= 0.6 is 0 Å². The van der Waals surface area contributed by atoms with Gasteiger partial charge in [0.2, 0.25) is 0 Å². The number of nitro groups is 1. The smallest absolute Gasteiger partial charge is 0.313 e. The van der Waals surface area contributed by atoms with Gasteiger partial charge >= 0.3 is 5.56 Å². The first kappa shape index (κ1) is 12.7. The number of nitro benzene ring substituents is 1. The maximum absolute atomic E-state index is 11.9. The molecule has 19 heavy (non-hydrogen) atoms. The van der Waals surface area contributed by atoms with E-state index in [0.717, 1.165) is 0 Å². The van der Waals surface area contributed by atoms with Gasteiger partial charge in [-0.25, -0.2) is 4.98 Å². The molecule has 0 unspecified atom stereocenters. The van der Waals surface area contributed by atoms with Crippen LogP contribution in [0, 0.1) is 10.1 Å². The van der Waals surface area contributed by atoms with Crippen LogP contribution in [0.2, 0.25) is 0 Å². The molecule has 1 heterocycles. The first-order chi connectivity index (χ1) is 9.11. The summed E-state index contributed by atoms with van der Waals surface area (Å²) < 4.78 is 6.72. The number of aromatic nitrogens is 2. The molecule has 2 rings (SSSR count). The Morgan fingerprint density at radius 2 is 2.26 bits per heavy atom. The van der Waals surface area contributed by atoms with Gasteiger partial charge in [-0.2, -0.15) is 0 Å². The van der Waals surface area contributed by atoms with Crippen molar-refractivity contribution in [2.24, 2.45) is 0 Å². The zero-order valence-electron chi connectivity index (χ0n) is 10.1. The van der Waals surface area contributed by atoms with Crippen LogP contribution in [0.4, 0.5) is 5.69 Å². The number of non-ortho nitro benzene ring substituents is 1. The normalized spacial score (nSPS) is 10.2. The van der Waals surface area contributed by atoms with Gasteiger partial charge in [0, 0.05) is 25.0 Å². The van der Waals surface area contributed by atoms with E-state index in [0.29, 0.717) is 6.54 Å². The molecule has 0 radical (unpaired) electrons. The van der Waals surface area contributed by atoms with E-state index >= 15 is 0 Å². The van der Waals surface area contributed by atoms with Crippen molar-refractivity contribution in [1.29, 1.82) is 0 Å². The van der Waals surface area contributed by atoms with Crippen LogP contribution in [-0.2, 0) is 6.54 Å². The first-order valence-corrected chi connectivity index (χ1v) is 5.59. The Labute approximate surface area is 108 Å². The molecule has 0 fully saturated rings. The Morgan fingerprint density at radius 3 is 2.95 bits per heavy atom. The average Bonchev–Trinajstić information content (AvgIpc) is 2.41. The van der Waals surface area contributed by atoms with Crippen molar-refractivity contribution in [3.05, 3.63) is 57.1 Å². The molecule has 7 heteroatoms. The molecule has 7 nitrogen and oxygen atoms in total. The second-order valence-corrected chi connectivity index (χ2v) is 3.68. The summed E-state index contributed by atoms with van der Waals surface area (Å²) in [6.07, 6.45) is 2.99. The van der Waals surface area contributed by atoms with Crippen molar-refractivity contribution >= 4 is 5.69 Å². The van der Waals surface area contributed by atoms with Gasteiger partial charge in [-0.3, -0.25) is 14.9 Å². The molecule has 0 atom stereocenters. The van der Waals surface area contributed by atoms with Gasteiger partial charge in [-0.15, -0.1) is 0 Å². The molecule has 98 valence electrons. The van der Waals surface area contributed by atoms with Gasteiger partial charge in [0.1, 0.15) is 5.75 Å². The monoisotopic (exact) mass is 261 g/mol. The van der Waals surface area contributed by atoms with Crippen molar-refractivity contribution in [2.75, 3.05) is 0 Å². The van der Waals surface area contributed by atoms with Crippen molar-refractivity contribution in [3.63, 3.8) is 0 Å². The fourth-order valence-electron chi connectivity index (χ4n) is 1.52. The summed E-state index contributed by atoms with van der Waals surface area (Å²) >= 11 is 0. The summed E-state index contributed by atoms with van der Waals surface area (Å²) in [4.78, 5) is 25.8. The summed E-state index contributed by atoms with van der Waals surface area (Å²) in [7, 11) is 0. The van der Waals surface area contributed by atoms with E-state index in [4.69, 9.17) is 4.74 Å². The molecule has 0 spiro atoms. The Bertz CT molecular complexity index is 666. The summed E-state index contributed by atoms with van der Waals surface area (Å²) in [5.41, 5.74) is -0.485. The van der Waals surface area contributed by atoms with Crippen molar-refractivity contribution in [2.45, 2.75) is 13.5 Å². The topological polar surface area (TPSA) is 87.3 Å². The number of ether oxygens (including phenoxy) is 1. The minimum Gasteiger partial charge on any atom is -0.434 e. The third kappa shape index (κ3) is 2.76. The van der Waals surface area contributed by atoms with Crippen LogP contribution in [-0.4, -0.2) is 14.5 Å². The second-order valence-electron chi connectivity index (χ2n) is 3.68. The highest BCUT2D eigenvalue weighted by atomic mass is 16.6. The highest BCUT2D eigenvalue weighted by Crippen LogP contribution is 2.22. The van der Waals surface area contributed by atoms with Crippen molar-refractivity contribution in [1.82, 2.24) is 9.55 Å². The molecule has 0 N–H and O–H groups in total. The summed E-state index contributed by atoms with van der Waals surface area (Å²) in [5.74, 6) is 0.0949. The van der Waals surface area contributed by atoms with Gasteiger partial charge in [0.15, 0.2) is 0 Å². The molecule has 0 bridgehead atoms. The molecule has 0 saturated carbocycles. The zero-order chi connectivity index (χ0) is 13.8.